The summed E-state index contributed by atoms with van der Waals surface area (Å²) in [6, 6.07) is 4.96. The number of benzene rings is 1. The monoisotopic (exact) mass is 392 g/mol. The third-order valence-electron chi connectivity index (χ3n) is 5.45. The molecular weight excluding hydrogens is 352 g/mol. The highest BCUT2D eigenvalue weighted by Gasteiger charge is 2.14. The number of aromatic carboxylic acids is 1. The Hall–Kier alpha value is -1.55. The quantitative estimate of drug-likeness (QED) is 0.250. The van der Waals surface area contributed by atoms with Crippen LogP contribution in [0, 0.1) is 0 Å². The molecule has 0 saturated heterocycles. The zero-order chi connectivity index (χ0) is 20.5. The molecule has 1 aromatic carbocycles. The molecule has 0 amide bonds. The minimum Gasteiger partial charge on any atom is -0.507 e. The summed E-state index contributed by atoms with van der Waals surface area (Å²) in [5, 5.41) is 27.6. The highest BCUT2D eigenvalue weighted by Crippen LogP contribution is 2.23. The van der Waals surface area contributed by atoms with Crippen LogP contribution in [0.3, 0.4) is 0 Å². The van der Waals surface area contributed by atoms with Crippen molar-refractivity contribution < 1.29 is 20.1 Å². The van der Waals surface area contributed by atoms with Gasteiger partial charge >= 0.3 is 5.97 Å². The lowest BCUT2D eigenvalue weighted by Crippen LogP contribution is -2.03. The van der Waals surface area contributed by atoms with Crippen LogP contribution >= 0.6 is 0 Å². The first-order valence-electron chi connectivity index (χ1n) is 11.3. The van der Waals surface area contributed by atoms with Crippen molar-refractivity contribution in [3.8, 4) is 5.75 Å². The number of unbranched alkanes of at least 4 members (excludes halogenated alkanes) is 14. The summed E-state index contributed by atoms with van der Waals surface area (Å²) in [6.45, 7) is 0.337. The van der Waals surface area contributed by atoms with E-state index in [1.165, 1.54) is 83.1 Å². The van der Waals surface area contributed by atoms with Crippen LogP contribution in [-0.2, 0) is 6.42 Å². The van der Waals surface area contributed by atoms with Crippen LogP contribution in [0.25, 0.3) is 0 Å². The smallest absolute Gasteiger partial charge is 0.339 e. The van der Waals surface area contributed by atoms with Crippen molar-refractivity contribution in [2.45, 2.75) is 103 Å². The molecule has 0 aliphatic rings. The van der Waals surface area contributed by atoms with Crippen molar-refractivity contribution >= 4 is 5.97 Å². The van der Waals surface area contributed by atoms with Gasteiger partial charge in [-0.1, -0.05) is 95.6 Å². The van der Waals surface area contributed by atoms with Gasteiger partial charge in [-0.05, 0) is 30.9 Å². The molecular formula is C24H40O4. The van der Waals surface area contributed by atoms with E-state index >= 15 is 0 Å². The highest BCUT2D eigenvalue weighted by atomic mass is 16.4. The zero-order valence-corrected chi connectivity index (χ0v) is 17.5. The second kappa shape index (κ2) is 16.4. The summed E-state index contributed by atoms with van der Waals surface area (Å²) < 4.78 is 0. The van der Waals surface area contributed by atoms with Gasteiger partial charge in [-0.3, -0.25) is 0 Å². The Morgan fingerprint density at radius 3 is 1.54 bits per heavy atom. The first-order valence-corrected chi connectivity index (χ1v) is 11.3. The van der Waals surface area contributed by atoms with E-state index in [0.717, 1.165) is 31.2 Å². The third-order valence-corrected chi connectivity index (χ3v) is 5.45. The average Bonchev–Trinajstić information content (AvgIpc) is 2.67. The summed E-state index contributed by atoms with van der Waals surface area (Å²) in [6.07, 6.45) is 19.4. The SMILES string of the molecule is O=C(O)c1c(O)cccc1CCCCCCCCCCCCCCCCCO. The molecule has 0 spiro atoms. The molecule has 28 heavy (non-hydrogen) atoms. The molecule has 4 heteroatoms. The fourth-order valence-corrected chi connectivity index (χ4v) is 3.77. The normalized spacial score (nSPS) is 11.0. The zero-order valence-electron chi connectivity index (χ0n) is 17.5. The van der Waals surface area contributed by atoms with Crippen LogP contribution in [-0.4, -0.2) is 27.9 Å². The van der Waals surface area contributed by atoms with Crippen LogP contribution in [0.2, 0.25) is 0 Å². The van der Waals surface area contributed by atoms with Gasteiger partial charge in [0.1, 0.15) is 11.3 Å². The Labute approximate surface area is 171 Å². The van der Waals surface area contributed by atoms with Crippen molar-refractivity contribution in [2.75, 3.05) is 6.61 Å². The number of aliphatic hydroxyl groups is 1. The van der Waals surface area contributed by atoms with Crippen LogP contribution < -0.4 is 0 Å². The largest absolute Gasteiger partial charge is 0.507 e. The van der Waals surface area contributed by atoms with E-state index in [1.54, 1.807) is 12.1 Å². The van der Waals surface area contributed by atoms with Gasteiger partial charge in [0.05, 0.1) is 0 Å². The van der Waals surface area contributed by atoms with E-state index in [-0.39, 0.29) is 11.3 Å². The number of hydrogen-bond donors (Lipinski definition) is 3. The molecule has 160 valence electrons. The Bertz CT molecular complexity index is 527. The van der Waals surface area contributed by atoms with E-state index in [9.17, 15) is 15.0 Å². The number of carbonyl (C=O) groups is 1. The molecule has 4 nitrogen and oxygen atoms in total. The van der Waals surface area contributed by atoms with E-state index in [2.05, 4.69) is 0 Å². The number of hydrogen-bond acceptors (Lipinski definition) is 3. The first-order chi connectivity index (χ1) is 13.7. The predicted octanol–water partition coefficient (Wildman–Crippen LogP) is 6.48. The number of aryl methyl sites for hydroxylation is 1. The fraction of sp³-hybridized carbons (Fsp3) is 0.708. The van der Waals surface area contributed by atoms with Gasteiger partial charge in [-0.15, -0.1) is 0 Å². The summed E-state index contributed by atoms with van der Waals surface area (Å²) in [5.74, 6) is -1.18. The average molecular weight is 393 g/mol. The molecule has 0 saturated carbocycles. The van der Waals surface area contributed by atoms with Gasteiger partial charge in [0.15, 0.2) is 0 Å². The molecule has 0 fully saturated rings. The summed E-state index contributed by atoms with van der Waals surface area (Å²) in [4.78, 5) is 11.2. The van der Waals surface area contributed by atoms with Crippen molar-refractivity contribution in [2.24, 2.45) is 0 Å². The molecule has 0 unspecified atom stereocenters. The maximum Gasteiger partial charge on any atom is 0.339 e. The molecule has 0 radical (unpaired) electrons. The standard InChI is InChI=1S/C24H40O4/c25-20-15-13-11-9-7-5-3-1-2-4-6-8-10-12-14-17-21-18-16-19-22(26)23(21)24(27)28/h16,18-19,25-26H,1-15,17,20H2,(H,27,28). The van der Waals surface area contributed by atoms with Gasteiger partial charge in [-0.25, -0.2) is 4.79 Å². The summed E-state index contributed by atoms with van der Waals surface area (Å²) in [5.41, 5.74) is 0.800. The van der Waals surface area contributed by atoms with Gasteiger partial charge in [0, 0.05) is 6.61 Å². The van der Waals surface area contributed by atoms with E-state index in [0.29, 0.717) is 6.61 Å². The molecule has 1 aromatic rings. The van der Waals surface area contributed by atoms with E-state index in [4.69, 9.17) is 5.11 Å². The van der Waals surface area contributed by atoms with Crippen LogP contribution in [0.4, 0.5) is 0 Å². The lowest BCUT2D eigenvalue weighted by atomic mass is 9.99. The van der Waals surface area contributed by atoms with E-state index in [1.807, 2.05) is 0 Å². The number of carboxylic acids is 1. The topological polar surface area (TPSA) is 77.8 Å². The fourth-order valence-electron chi connectivity index (χ4n) is 3.77. The Balaban J connectivity index is 1.91. The molecule has 0 aromatic heterocycles. The molecule has 0 aliphatic carbocycles. The Morgan fingerprint density at radius 2 is 1.11 bits per heavy atom. The van der Waals surface area contributed by atoms with Gasteiger partial charge in [-0.2, -0.15) is 0 Å². The molecule has 0 heterocycles. The number of aromatic hydroxyl groups is 1. The lowest BCUT2D eigenvalue weighted by Gasteiger charge is -2.08. The molecule has 0 aliphatic heterocycles. The Kier molecular flexibility index (Phi) is 14.4. The molecule has 0 atom stereocenters. The minimum absolute atomic E-state index is 0.0626. The van der Waals surface area contributed by atoms with Crippen molar-refractivity contribution in [1.29, 1.82) is 0 Å². The maximum absolute atomic E-state index is 11.2. The third kappa shape index (κ3) is 11.3. The van der Waals surface area contributed by atoms with Gasteiger partial charge < -0.3 is 15.3 Å². The van der Waals surface area contributed by atoms with Gasteiger partial charge in [0.2, 0.25) is 0 Å². The molecule has 0 bridgehead atoms. The van der Waals surface area contributed by atoms with Crippen molar-refractivity contribution in [1.82, 2.24) is 0 Å². The molecule has 1 rings (SSSR count). The predicted molar refractivity (Wildman–Crippen MR) is 115 cm³/mol. The molecule has 3 N–H and O–H groups in total. The first kappa shape index (κ1) is 24.5. The second-order valence-corrected chi connectivity index (χ2v) is 7.89. The number of rotatable bonds is 18. The van der Waals surface area contributed by atoms with Crippen LogP contribution in [0.15, 0.2) is 18.2 Å². The maximum atomic E-state index is 11.2. The highest BCUT2D eigenvalue weighted by molar-refractivity contribution is 5.92. The lowest BCUT2D eigenvalue weighted by molar-refractivity contribution is 0.0692. The van der Waals surface area contributed by atoms with Crippen molar-refractivity contribution in [3.63, 3.8) is 0 Å². The second-order valence-electron chi connectivity index (χ2n) is 7.89. The van der Waals surface area contributed by atoms with Gasteiger partial charge in [0.25, 0.3) is 0 Å². The summed E-state index contributed by atoms with van der Waals surface area (Å²) in [7, 11) is 0. The van der Waals surface area contributed by atoms with Crippen LogP contribution in [0.5, 0.6) is 5.75 Å². The van der Waals surface area contributed by atoms with Crippen molar-refractivity contribution in [3.05, 3.63) is 29.3 Å². The number of aliphatic hydroxyl groups excluding tert-OH is 1. The minimum atomic E-state index is -1.05. The Morgan fingerprint density at radius 1 is 0.679 bits per heavy atom. The number of phenols is 1. The van der Waals surface area contributed by atoms with Crippen LogP contribution in [0.1, 0.15) is 112 Å². The number of carboxylic acid groups (broad SMARTS) is 1. The van der Waals surface area contributed by atoms with E-state index < -0.39 is 5.97 Å². The summed E-state index contributed by atoms with van der Waals surface area (Å²) >= 11 is 0.